The number of aromatic nitrogens is 4. The standard InChI is InChI=1S/C16H17N5O/c17-7-10-1-3-11(4-2-10)21-14(9-22)20-13-8-19-16-12(15(13)21)5-6-18-16/h5-6,8,10-11,22H,1-4,9H2,(H,18,19)/t10-,11-. The highest BCUT2D eigenvalue weighted by molar-refractivity contribution is 6.01. The first-order chi connectivity index (χ1) is 10.8. The largest absolute Gasteiger partial charge is 0.388 e. The Morgan fingerprint density at radius 1 is 1.36 bits per heavy atom. The number of imidazole rings is 1. The van der Waals surface area contributed by atoms with Crippen LogP contribution in [-0.2, 0) is 6.61 Å². The number of H-pyrrole nitrogens is 1. The van der Waals surface area contributed by atoms with Gasteiger partial charge in [0.05, 0.1) is 17.8 Å². The van der Waals surface area contributed by atoms with Gasteiger partial charge in [-0.15, -0.1) is 0 Å². The summed E-state index contributed by atoms with van der Waals surface area (Å²) in [6, 6.07) is 4.67. The van der Waals surface area contributed by atoms with Crippen molar-refractivity contribution >= 4 is 22.1 Å². The van der Waals surface area contributed by atoms with E-state index in [0.717, 1.165) is 47.8 Å². The number of hydrogen-bond donors (Lipinski definition) is 2. The molecule has 112 valence electrons. The van der Waals surface area contributed by atoms with Gasteiger partial charge in [0, 0.05) is 23.5 Å². The Labute approximate surface area is 127 Å². The highest BCUT2D eigenvalue weighted by Gasteiger charge is 2.26. The third kappa shape index (κ3) is 1.90. The molecular formula is C16H17N5O. The Bertz CT molecular complexity index is 864. The molecule has 0 bridgehead atoms. The molecule has 6 nitrogen and oxygen atoms in total. The van der Waals surface area contributed by atoms with Gasteiger partial charge < -0.3 is 14.7 Å². The number of hydrogen-bond acceptors (Lipinski definition) is 4. The van der Waals surface area contributed by atoms with Crippen LogP contribution >= 0.6 is 0 Å². The lowest BCUT2D eigenvalue weighted by atomic mass is 9.86. The van der Waals surface area contributed by atoms with Crippen molar-refractivity contribution in [2.24, 2.45) is 5.92 Å². The van der Waals surface area contributed by atoms with Gasteiger partial charge in [-0.05, 0) is 31.7 Å². The summed E-state index contributed by atoms with van der Waals surface area (Å²) in [5.41, 5.74) is 2.69. The lowest BCUT2D eigenvalue weighted by Crippen LogP contribution is -2.19. The van der Waals surface area contributed by atoms with E-state index in [0.29, 0.717) is 5.82 Å². The van der Waals surface area contributed by atoms with Gasteiger partial charge in [0.15, 0.2) is 0 Å². The zero-order chi connectivity index (χ0) is 15.1. The molecule has 4 rings (SSSR count). The van der Waals surface area contributed by atoms with E-state index < -0.39 is 0 Å². The summed E-state index contributed by atoms with van der Waals surface area (Å²) in [7, 11) is 0. The number of nitrogens with one attached hydrogen (secondary N) is 1. The number of nitriles is 1. The van der Waals surface area contributed by atoms with E-state index >= 15 is 0 Å². The minimum atomic E-state index is -0.0845. The van der Waals surface area contributed by atoms with Gasteiger partial charge in [0.25, 0.3) is 0 Å². The van der Waals surface area contributed by atoms with Gasteiger partial charge >= 0.3 is 0 Å². The first kappa shape index (κ1) is 13.3. The maximum atomic E-state index is 9.71. The quantitative estimate of drug-likeness (QED) is 0.760. The van der Waals surface area contributed by atoms with E-state index in [1.165, 1.54) is 0 Å². The Hall–Kier alpha value is -2.39. The Kier molecular flexibility index (Phi) is 3.09. The first-order valence-electron chi connectivity index (χ1n) is 7.65. The predicted octanol–water partition coefficient (Wildman–Crippen LogP) is 2.66. The number of nitrogens with zero attached hydrogens (tertiary/aromatic N) is 4. The molecule has 22 heavy (non-hydrogen) atoms. The molecule has 0 aromatic carbocycles. The van der Waals surface area contributed by atoms with Crippen molar-refractivity contribution in [3.05, 3.63) is 24.3 Å². The number of rotatable bonds is 2. The van der Waals surface area contributed by atoms with Crippen LogP contribution in [0.2, 0.25) is 0 Å². The molecular weight excluding hydrogens is 278 g/mol. The number of aliphatic hydroxyl groups is 1. The minimum Gasteiger partial charge on any atom is -0.388 e. The van der Waals surface area contributed by atoms with Crippen LogP contribution in [-0.4, -0.2) is 24.6 Å². The summed E-state index contributed by atoms with van der Waals surface area (Å²) in [6.07, 6.45) is 7.35. The molecule has 0 atom stereocenters. The maximum absolute atomic E-state index is 9.71. The van der Waals surface area contributed by atoms with Gasteiger partial charge in [0.2, 0.25) is 0 Å². The molecule has 0 radical (unpaired) electrons. The van der Waals surface area contributed by atoms with Crippen LogP contribution in [0.3, 0.4) is 0 Å². The van der Waals surface area contributed by atoms with Crippen LogP contribution in [0.4, 0.5) is 0 Å². The van der Waals surface area contributed by atoms with Gasteiger partial charge in [-0.3, -0.25) is 0 Å². The van der Waals surface area contributed by atoms with Crippen molar-refractivity contribution in [3.63, 3.8) is 0 Å². The molecule has 3 aromatic heterocycles. The SMILES string of the molecule is N#C[C@H]1CC[C@H](n2c(CO)nc3cnc4[nH]ccc4c32)CC1. The predicted molar refractivity (Wildman–Crippen MR) is 81.9 cm³/mol. The molecule has 1 aliphatic carbocycles. The van der Waals surface area contributed by atoms with Crippen LogP contribution < -0.4 is 0 Å². The second-order valence-corrected chi connectivity index (χ2v) is 5.92. The second kappa shape index (κ2) is 5.11. The molecule has 1 fully saturated rings. The lowest BCUT2D eigenvalue weighted by Gasteiger charge is -2.27. The summed E-state index contributed by atoms with van der Waals surface area (Å²) in [4.78, 5) is 12.0. The van der Waals surface area contributed by atoms with Crippen LogP contribution in [0, 0.1) is 17.2 Å². The third-order valence-corrected chi connectivity index (χ3v) is 4.69. The average molecular weight is 295 g/mol. The topological polar surface area (TPSA) is 90.5 Å². The summed E-state index contributed by atoms with van der Waals surface area (Å²) in [5.74, 6) is 0.850. The first-order valence-corrected chi connectivity index (χ1v) is 7.65. The van der Waals surface area contributed by atoms with Gasteiger partial charge in [0.1, 0.15) is 23.6 Å². The molecule has 3 heterocycles. The Morgan fingerprint density at radius 3 is 2.91 bits per heavy atom. The summed E-state index contributed by atoms with van der Waals surface area (Å²) in [5, 5.41) is 19.8. The summed E-state index contributed by atoms with van der Waals surface area (Å²) >= 11 is 0. The Balaban J connectivity index is 1.88. The maximum Gasteiger partial charge on any atom is 0.139 e. The monoisotopic (exact) mass is 295 g/mol. The molecule has 2 N–H and O–H groups in total. The van der Waals surface area contributed by atoms with E-state index in [1.54, 1.807) is 6.20 Å². The average Bonchev–Trinajstić information content (AvgIpc) is 3.18. The number of fused-ring (bicyclic) bond motifs is 3. The van der Waals surface area contributed by atoms with Crippen LogP contribution in [0.1, 0.15) is 37.5 Å². The van der Waals surface area contributed by atoms with E-state index in [1.807, 2.05) is 12.3 Å². The van der Waals surface area contributed by atoms with E-state index in [2.05, 4.69) is 25.6 Å². The van der Waals surface area contributed by atoms with Crippen LogP contribution in [0.5, 0.6) is 0 Å². The van der Waals surface area contributed by atoms with Gasteiger partial charge in [-0.1, -0.05) is 0 Å². The van der Waals surface area contributed by atoms with Gasteiger partial charge in [-0.25, -0.2) is 9.97 Å². The number of aliphatic hydroxyl groups excluding tert-OH is 1. The van der Waals surface area contributed by atoms with Crippen molar-refractivity contribution in [1.29, 1.82) is 5.26 Å². The molecule has 1 saturated carbocycles. The molecule has 3 aromatic rings. The molecule has 0 saturated heterocycles. The zero-order valence-electron chi connectivity index (χ0n) is 12.2. The van der Waals surface area contributed by atoms with E-state index in [-0.39, 0.29) is 18.6 Å². The molecule has 0 amide bonds. The third-order valence-electron chi connectivity index (χ3n) is 4.69. The highest BCUT2D eigenvalue weighted by atomic mass is 16.3. The number of aromatic amines is 1. The fourth-order valence-electron chi connectivity index (χ4n) is 3.61. The lowest BCUT2D eigenvalue weighted by molar-refractivity contribution is 0.248. The van der Waals surface area contributed by atoms with Crippen molar-refractivity contribution < 1.29 is 5.11 Å². The summed E-state index contributed by atoms with van der Waals surface area (Å²) < 4.78 is 2.17. The summed E-state index contributed by atoms with van der Waals surface area (Å²) in [6.45, 7) is -0.0845. The highest BCUT2D eigenvalue weighted by Crippen LogP contribution is 2.36. The van der Waals surface area contributed by atoms with Gasteiger partial charge in [-0.2, -0.15) is 5.26 Å². The molecule has 0 spiro atoms. The van der Waals surface area contributed by atoms with E-state index in [9.17, 15) is 5.11 Å². The number of pyridine rings is 1. The fraction of sp³-hybridized carbons (Fsp3) is 0.438. The van der Waals surface area contributed by atoms with Crippen molar-refractivity contribution in [2.75, 3.05) is 0 Å². The second-order valence-electron chi connectivity index (χ2n) is 5.92. The normalized spacial score (nSPS) is 22.2. The zero-order valence-corrected chi connectivity index (χ0v) is 12.2. The van der Waals surface area contributed by atoms with Crippen molar-refractivity contribution in [2.45, 2.75) is 38.3 Å². The molecule has 0 aliphatic heterocycles. The molecule has 6 heteroatoms. The van der Waals surface area contributed by atoms with Crippen LogP contribution in [0.15, 0.2) is 18.5 Å². The minimum absolute atomic E-state index is 0.0845. The van der Waals surface area contributed by atoms with Crippen molar-refractivity contribution in [1.82, 2.24) is 19.5 Å². The molecule has 0 unspecified atom stereocenters. The van der Waals surface area contributed by atoms with Crippen LogP contribution in [0.25, 0.3) is 22.1 Å². The Morgan fingerprint density at radius 2 is 2.18 bits per heavy atom. The van der Waals surface area contributed by atoms with Crippen molar-refractivity contribution in [3.8, 4) is 6.07 Å². The smallest absolute Gasteiger partial charge is 0.139 e. The molecule has 1 aliphatic rings. The fourth-order valence-corrected chi connectivity index (χ4v) is 3.61. The van der Waals surface area contributed by atoms with E-state index in [4.69, 9.17) is 5.26 Å².